The van der Waals surface area contributed by atoms with Crippen LogP contribution in [0.1, 0.15) is 77.3 Å². The summed E-state index contributed by atoms with van der Waals surface area (Å²) in [6.07, 6.45) is 3.29. The van der Waals surface area contributed by atoms with Crippen molar-refractivity contribution in [3.8, 4) is 16.9 Å². The van der Waals surface area contributed by atoms with E-state index in [1.165, 1.54) is 0 Å². The maximum atomic E-state index is 14.0. The molecule has 0 unspecified atom stereocenters. The number of carbonyl (C=O) groups excluding carboxylic acids is 1. The standard InChI is InChI=1S/C35H45N5O3/c1-7-9-17-40(31-22-26-13-11-15-37-33(26)39-34(31)41)35(42)38-32-29(23(3)4)20-27(21-30(32)24(5)6)25-12-10-14-28(19-25)43-18-16-36-8-2/h10-15,19-24,36H,7-9,16-18H2,1-6H3,(H,38,42)(H,37,39,41). The molecule has 0 aliphatic heterocycles. The van der Waals surface area contributed by atoms with Crippen molar-refractivity contribution in [2.24, 2.45) is 0 Å². The van der Waals surface area contributed by atoms with Gasteiger partial charge in [0.1, 0.15) is 23.7 Å². The number of ether oxygens (including phenoxy) is 1. The second-order valence-corrected chi connectivity index (χ2v) is 11.4. The zero-order valence-electron chi connectivity index (χ0n) is 26.3. The van der Waals surface area contributed by atoms with Crippen LogP contribution in [0.15, 0.2) is 65.6 Å². The molecule has 3 N–H and O–H groups in total. The van der Waals surface area contributed by atoms with Gasteiger partial charge in [-0.2, -0.15) is 0 Å². The fourth-order valence-corrected chi connectivity index (χ4v) is 5.14. The van der Waals surface area contributed by atoms with Crippen LogP contribution in [0.25, 0.3) is 22.2 Å². The van der Waals surface area contributed by atoms with Crippen LogP contribution in [0.4, 0.5) is 16.2 Å². The molecule has 8 heteroatoms. The first-order valence-electron chi connectivity index (χ1n) is 15.4. The second kappa shape index (κ2) is 14.8. The molecule has 0 aliphatic carbocycles. The number of rotatable bonds is 13. The van der Waals surface area contributed by atoms with Crippen molar-refractivity contribution in [3.05, 3.63) is 82.3 Å². The van der Waals surface area contributed by atoms with Crippen LogP contribution in [-0.2, 0) is 0 Å². The number of aromatic nitrogens is 2. The maximum absolute atomic E-state index is 14.0. The zero-order valence-corrected chi connectivity index (χ0v) is 26.3. The number of aromatic amines is 1. The molecule has 0 bridgehead atoms. The van der Waals surface area contributed by atoms with E-state index in [1.54, 1.807) is 17.2 Å². The van der Waals surface area contributed by atoms with E-state index in [1.807, 2.05) is 24.3 Å². The van der Waals surface area contributed by atoms with Crippen molar-refractivity contribution in [2.75, 3.05) is 36.5 Å². The van der Waals surface area contributed by atoms with E-state index in [4.69, 9.17) is 4.74 Å². The third kappa shape index (κ3) is 7.82. The van der Waals surface area contributed by atoms with Gasteiger partial charge in [0.15, 0.2) is 0 Å². The van der Waals surface area contributed by atoms with E-state index in [9.17, 15) is 9.59 Å². The van der Waals surface area contributed by atoms with Crippen molar-refractivity contribution in [1.82, 2.24) is 15.3 Å². The Hall–Kier alpha value is -4.17. The van der Waals surface area contributed by atoms with E-state index in [-0.39, 0.29) is 23.4 Å². The van der Waals surface area contributed by atoms with Gasteiger partial charge in [-0.05, 0) is 89.5 Å². The number of hydrogen-bond acceptors (Lipinski definition) is 5. The van der Waals surface area contributed by atoms with Crippen molar-refractivity contribution < 1.29 is 9.53 Å². The summed E-state index contributed by atoms with van der Waals surface area (Å²) >= 11 is 0. The molecule has 2 heterocycles. The molecular weight excluding hydrogens is 538 g/mol. The topological polar surface area (TPSA) is 99.3 Å². The number of benzene rings is 2. The van der Waals surface area contributed by atoms with Crippen LogP contribution >= 0.6 is 0 Å². The number of urea groups is 1. The molecular formula is C35H45N5O3. The molecule has 0 atom stereocenters. The molecule has 228 valence electrons. The lowest BCUT2D eigenvalue weighted by Gasteiger charge is -2.27. The van der Waals surface area contributed by atoms with E-state index < -0.39 is 0 Å². The Kier molecular flexibility index (Phi) is 11.0. The summed E-state index contributed by atoms with van der Waals surface area (Å²) < 4.78 is 5.98. The number of H-pyrrole nitrogens is 1. The molecule has 0 fully saturated rings. The summed E-state index contributed by atoms with van der Waals surface area (Å²) in [6.45, 7) is 15.4. The third-order valence-electron chi connectivity index (χ3n) is 7.51. The van der Waals surface area contributed by atoms with Gasteiger partial charge in [0.25, 0.3) is 5.56 Å². The number of fused-ring (bicyclic) bond motifs is 1. The first-order valence-corrected chi connectivity index (χ1v) is 15.4. The van der Waals surface area contributed by atoms with Gasteiger partial charge >= 0.3 is 6.03 Å². The first-order chi connectivity index (χ1) is 20.7. The van der Waals surface area contributed by atoms with Gasteiger partial charge in [0, 0.05) is 30.4 Å². The number of hydrogen-bond donors (Lipinski definition) is 3. The summed E-state index contributed by atoms with van der Waals surface area (Å²) in [7, 11) is 0. The number of unbranched alkanes of at least 4 members (excludes halogenated alkanes) is 1. The van der Waals surface area contributed by atoms with Crippen LogP contribution < -0.4 is 25.8 Å². The third-order valence-corrected chi connectivity index (χ3v) is 7.51. The molecule has 43 heavy (non-hydrogen) atoms. The lowest BCUT2D eigenvalue weighted by molar-refractivity contribution is 0.256. The number of amides is 2. The minimum atomic E-state index is -0.339. The average Bonchev–Trinajstić information content (AvgIpc) is 2.99. The number of carbonyl (C=O) groups is 1. The Balaban J connectivity index is 1.72. The number of pyridine rings is 2. The summed E-state index contributed by atoms with van der Waals surface area (Å²) in [5.41, 5.74) is 5.49. The SMILES string of the molecule is CCCCN(C(=O)Nc1c(C(C)C)cc(-c2cccc(OCCNCC)c2)cc1C(C)C)c1cc2cccnc2[nH]c1=O. The van der Waals surface area contributed by atoms with Gasteiger partial charge in [0.05, 0.1) is 0 Å². The van der Waals surface area contributed by atoms with Crippen LogP contribution in [0.5, 0.6) is 5.75 Å². The molecule has 0 saturated carbocycles. The summed E-state index contributed by atoms with van der Waals surface area (Å²) in [5, 5.41) is 7.30. The average molecular weight is 584 g/mol. The molecule has 4 rings (SSSR count). The fraction of sp³-hybridized carbons (Fsp3) is 0.400. The Morgan fingerprint density at radius 1 is 0.977 bits per heavy atom. The van der Waals surface area contributed by atoms with E-state index in [0.29, 0.717) is 24.5 Å². The predicted molar refractivity (Wildman–Crippen MR) is 178 cm³/mol. The molecule has 0 spiro atoms. The molecule has 8 nitrogen and oxygen atoms in total. The summed E-state index contributed by atoms with van der Waals surface area (Å²) in [6, 6.07) is 17.6. The van der Waals surface area contributed by atoms with E-state index in [2.05, 4.69) is 86.4 Å². The lowest BCUT2D eigenvalue weighted by Crippen LogP contribution is -2.39. The number of likely N-dealkylation sites (N-methyl/N-ethyl adjacent to an activating group) is 1. The molecule has 0 aliphatic rings. The number of nitrogens with one attached hydrogen (secondary N) is 3. The van der Waals surface area contributed by atoms with Crippen LogP contribution in [0.3, 0.4) is 0 Å². The van der Waals surface area contributed by atoms with Crippen molar-refractivity contribution in [3.63, 3.8) is 0 Å². The van der Waals surface area contributed by atoms with Crippen molar-refractivity contribution in [2.45, 2.75) is 66.2 Å². The highest BCUT2D eigenvalue weighted by molar-refractivity contribution is 6.03. The highest BCUT2D eigenvalue weighted by atomic mass is 16.5. The van der Waals surface area contributed by atoms with Crippen LogP contribution in [0, 0.1) is 0 Å². The van der Waals surface area contributed by atoms with Crippen molar-refractivity contribution in [1.29, 1.82) is 0 Å². The first kappa shape index (κ1) is 31.8. The van der Waals surface area contributed by atoms with Gasteiger partial charge < -0.3 is 20.4 Å². The Bertz CT molecular complexity index is 1570. The Morgan fingerprint density at radius 3 is 2.40 bits per heavy atom. The van der Waals surface area contributed by atoms with E-state index >= 15 is 0 Å². The highest BCUT2D eigenvalue weighted by Crippen LogP contribution is 2.38. The minimum Gasteiger partial charge on any atom is -0.492 e. The summed E-state index contributed by atoms with van der Waals surface area (Å²) in [5.74, 6) is 1.12. The van der Waals surface area contributed by atoms with Gasteiger partial charge in [0.2, 0.25) is 0 Å². The fourth-order valence-electron chi connectivity index (χ4n) is 5.14. The monoisotopic (exact) mass is 583 g/mol. The van der Waals surface area contributed by atoms with Crippen LogP contribution in [-0.4, -0.2) is 42.2 Å². The van der Waals surface area contributed by atoms with Gasteiger partial charge in [-0.3, -0.25) is 9.69 Å². The quantitative estimate of drug-likeness (QED) is 0.140. The van der Waals surface area contributed by atoms with Crippen molar-refractivity contribution >= 4 is 28.4 Å². The second-order valence-electron chi connectivity index (χ2n) is 11.4. The van der Waals surface area contributed by atoms with Crippen LogP contribution in [0.2, 0.25) is 0 Å². The number of anilines is 2. The smallest absolute Gasteiger partial charge is 0.326 e. The molecule has 0 saturated heterocycles. The molecule has 4 aromatic rings. The minimum absolute atomic E-state index is 0.145. The van der Waals surface area contributed by atoms with Gasteiger partial charge in [-0.25, -0.2) is 9.78 Å². The summed E-state index contributed by atoms with van der Waals surface area (Å²) in [4.78, 5) is 35.8. The number of nitrogens with zero attached hydrogens (tertiary/aromatic N) is 2. The highest BCUT2D eigenvalue weighted by Gasteiger charge is 2.24. The lowest BCUT2D eigenvalue weighted by atomic mass is 9.88. The van der Waals surface area contributed by atoms with E-state index in [0.717, 1.165) is 65.0 Å². The zero-order chi connectivity index (χ0) is 30.9. The molecule has 2 amide bonds. The largest absolute Gasteiger partial charge is 0.492 e. The molecule has 2 aromatic heterocycles. The van der Waals surface area contributed by atoms with Gasteiger partial charge in [-0.1, -0.05) is 60.1 Å². The molecule has 2 aromatic carbocycles. The van der Waals surface area contributed by atoms with Gasteiger partial charge in [-0.15, -0.1) is 0 Å². The molecule has 0 radical (unpaired) electrons. The maximum Gasteiger partial charge on any atom is 0.326 e. The Morgan fingerprint density at radius 2 is 1.72 bits per heavy atom. The normalized spacial score (nSPS) is 11.3. The predicted octanol–water partition coefficient (Wildman–Crippen LogP) is 7.66. The Labute approximate surface area is 254 Å².